The molecule has 2 atom stereocenters. The normalized spacial score (nSPS) is 25.7. The van der Waals surface area contributed by atoms with Gasteiger partial charge in [-0.1, -0.05) is 0 Å². The van der Waals surface area contributed by atoms with Gasteiger partial charge >= 0.3 is 0 Å². The molecule has 5 nitrogen and oxygen atoms in total. The van der Waals surface area contributed by atoms with Crippen LogP contribution in [-0.4, -0.2) is 44.7 Å². The van der Waals surface area contributed by atoms with Crippen LogP contribution >= 0.6 is 0 Å². The number of halogens is 1. The summed E-state index contributed by atoms with van der Waals surface area (Å²) in [7, 11) is -3.17. The SMILES string of the molecule is CS(=O)(=O)N1CCC[C@@H]1CNC1CCCOc2ccc(F)cc21. The van der Waals surface area contributed by atoms with Crippen molar-refractivity contribution in [3.8, 4) is 5.75 Å². The maximum atomic E-state index is 13.6. The number of nitrogens with one attached hydrogen (secondary N) is 1. The minimum atomic E-state index is -3.17. The van der Waals surface area contributed by atoms with E-state index >= 15 is 0 Å². The van der Waals surface area contributed by atoms with E-state index in [9.17, 15) is 12.8 Å². The summed E-state index contributed by atoms with van der Waals surface area (Å²) in [6, 6.07) is 4.56. The van der Waals surface area contributed by atoms with Crippen LogP contribution in [0.2, 0.25) is 0 Å². The van der Waals surface area contributed by atoms with Gasteiger partial charge in [0.15, 0.2) is 0 Å². The van der Waals surface area contributed by atoms with Crippen molar-refractivity contribution in [2.24, 2.45) is 0 Å². The number of fused-ring (bicyclic) bond motifs is 1. The standard InChI is InChI=1S/C16H23FN2O3S/c1-23(20,21)19-8-2-4-13(19)11-18-15-5-3-9-22-16-7-6-12(17)10-14(15)16/h6-7,10,13,15,18H,2-5,8-9,11H2,1H3/t13-,15?/m1/s1. The van der Waals surface area contributed by atoms with Crippen LogP contribution in [0, 0.1) is 5.82 Å². The Hall–Kier alpha value is -1.18. The van der Waals surface area contributed by atoms with Crippen LogP contribution in [0.3, 0.4) is 0 Å². The Kier molecular flexibility index (Phi) is 4.89. The van der Waals surface area contributed by atoms with E-state index in [4.69, 9.17) is 4.74 Å². The van der Waals surface area contributed by atoms with Gasteiger partial charge in [-0.2, -0.15) is 4.31 Å². The molecule has 1 aromatic carbocycles. The average molecular weight is 342 g/mol. The van der Waals surface area contributed by atoms with Crippen LogP contribution in [0.15, 0.2) is 18.2 Å². The lowest BCUT2D eigenvalue weighted by Gasteiger charge is -2.25. The molecule has 1 unspecified atom stereocenters. The van der Waals surface area contributed by atoms with Gasteiger partial charge in [-0.3, -0.25) is 0 Å². The van der Waals surface area contributed by atoms with Gasteiger partial charge in [-0.05, 0) is 43.9 Å². The van der Waals surface area contributed by atoms with E-state index in [0.29, 0.717) is 25.4 Å². The first-order valence-electron chi connectivity index (χ1n) is 8.07. The largest absolute Gasteiger partial charge is 0.493 e. The summed E-state index contributed by atoms with van der Waals surface area (Å²) in [5.74, 6) is 0.437. The van der Waals surface area contributed by atoms with Gasteiger partial charge in [-0.25, -0.2) is 12.8 Å². The van der Waals surface area contributed by atoms with Crippen molar-refractivity contribution < 1.29 is 17.5 Å². The van der Waals surface area contributed by atoms with Crippen molar-refractivity contribution in [2.75, 3.05) is 26.0 Å². The van der Waals surface area contributed by atoms with Gasteiger partial charge in [0.2, 0.25) is 10.0 Å². The Balaban J connectivity index is 1.72. The Labute approximate surface area is 136 Å². The Morgan fingerprint density at radius 3 is 2.96 bits per heavy atom. The first-order valence-corrected chi connectivity index (χ1v) is 9.92. The van der Waals surface area contributed by atoms with E-state index in [-0.39, 0.29) is 17.9 Å². The summed E-state index contributed by atoms with van der Waals surface area (Å²) in [6.07, 6.45) is 4.74. The number of hydrogen-bond acceptors (Lipinski definition) is 4. The van der Waals surface area contributed by atoms with Crippen LogP contribution in [-0.2, 0) is 10.0 Å². The maximum Gasteiger partial charge on any atom is 0.211 e. The van der Waals surface area contributed by atoms with Gasteiger partial charge in [0, 0.05) is 30.7 Å². The fourth-order valence-corrected chi connectivity index (χ4v) is 4.67. The third-order valence-corrected chi connectivity index (χ3v) is 5.92. The van der Waals surface area contributed by atoms with E-state index in [1.807, 2.05) is 0 Å². The fraction of sp³-hybridized carbons (Fsp3) is 0.625. The highest BCUT2D eigenvalue weighted by Gasteiger charge is 2.32. The van der Waals surface area contributed by atoms with Crippen LogP contribution < -0.4 is 10.1 Å². The van der Waals surface area contributed by atoms with Crippen molar-refractivity contribution in [1.29, 1.82) is 0 Å². The molecule has 0 amide bonds. The van der Waals surface area contributed by atoms with Crippen LogP contribution in [0.25, 0.3) is 0 Å². The molecule has 1 aromatic rings. The quantitative estimate of drug-likeness (QED) is 0.910. The summed E-state index contributed by atoms with van der Waals surface area (Å²) >= 11 is 0. The second kappa shape index (κ2) is 6.75. The second-order valence-electron chi connectivity index (χ2n) is 6.30. The van der Waals surface area contributed by atoms with Crippen molar-refractivity contribution >= 4 is 10.0 Å². The van der Waals surface area contributed by atoms with E-state index in [0.717, 1.165) is 31.2 Å². The third-order valence-electron chi connectivity index (χ3n) is 4.59. The molecule has 3 rings (SSSR count). The zero-order valence-electron chi connectivity index (χ0n) is 13.3. The smallest absolute Gasteiger partial charge is 0.211 e. The lowest BCUT2D eigenvalue weighted by Crippen LogP contribution is -2.42. The summed E-state index contributed by atoms with van der Waals surface area (Å²) in [4.78, 5) is 0. The van der Waals surface area contributed by atoms with E-state index < -0.39 is 10.0 Å². The molecule has 128 valence electrons. The Morgan fingerprint density at radius 1 is 1.35 bits per heavy atom. The minimum absolute atomic E-state index is 0.00906. The molecule has 23 heavy (non-hydrogen) atoms. The molecule has 0 radical (unpaired) electrons. The maximum absolute atomic E-state index is 13.6. The van der Waals surface area contributed by atoms with Crippen LogP contribution in [0.4, 0.5) is 4.39 Å². The van der Waals surface area contributed by atoms with Gasteiger partial charge < -0.3 is 10.1 Å². The number of benzene rings is 1. The number of rotatable bonds is 4. The first-order chi connectivity index (χ1) is 10.9. The molecule has 1 N–H and O–H groups in total. The average Bonchev–Trinajstić information content (AvgIpc) is 2.88. The zero-order chi connectivity index (χ0) is 16.4. The van der Waals surface area contributed by atoms with Crippen molar-refractivity contribution in [3.05, 3.63) is 29.6 Å². The molecule has 0 spiro atoms. The molecule has 2 aliphatic heterocycles. The molecule has 0 saturated carbocycles. The molecular formula is C16H23FN2O3S. The zero-order valence-corrected chi connectivity index (χ0v) is 14.1. The van der Waals surface area contributed by atoms with Gasteiger partial charge in [0.1, 0.15) is 11.6 Å². The fourth-order valence-electron chi connectivity index (χ4n) is 3.49. The number of nitrogens with zero attached hydrogens (tertiary/aromatic N) is 1. The lowest BCUT2D eigenvalue weighted by atomic mass is 10.0. The van der Waals surface area contributed by atoms with Crippen molar-refractivity contribution in [1.82, 2.24) is 9.62 Å². The third kappa shape index (κ3) is 3.84. The first kappa shape index (κ1) is 16.7. The van der Waals surface area contributed by atoms with E-state index in [2.05, 4.69) is 5.32 Å². The molecule has 2 heterocycles. The number of hydrogen-bond donors (Lipinski definition) is 1. The molecule has 0 bridgehead atoms. The summed E-state index contributed by atoms with van der Waals surface area (Å²) in [5, 5.41) is 3.44. The molecule has 1 fully saturated rings. The molecule has 0 aromatic heterocycles. The topological polar surface area (TPSA) is 58.6 Å². The number of sulfonamides is 1. The van der Waals surface area contributed by atoms with E-state index in [1.165, 1.54) is 18.4 Å². The Morgan fingerprint density at radius 2 is 2.17 bits per heavy atom. The van der Waals surface area contributed by atoms with Crippen LogP contribution in [0.1, 0.15) is 37.3 Å². The lowest BCUT2D eigenvalue weighted by molar-refractivity contribution is 0.313. The molecule has 1 saturated heterocycles. The van der Waals surface area contributed by atoms with E-state index in [1.54, 1.807) is 10.4 Å². The predicted octanol–water partition coefficient (Wildman–Crippen LogP) is 2.05. The van der Waals surface area contributed by atoms with Crippen molar-refractivity contribution in [3.63, 3.8) is 0 Å². The summed E-state index contributed by atoms with van der Waals surface area (Å²) < 4.78 is 44.5. The highest BCUT2D eigenvalue weighted by molar-refractivity contribution is 7.88. The highest BCUT2D eigenvalue weighted by Crippen LogP contribution is 2.32. The molecule has 0 aliphatic carbocycles. The molecule has 2 aliphatic rings. The van der Waals surface area contributed by atoms with Gasteiger partial charge in [0.25, 0.3) is 0 Å². The monoisotopic (exact) mass is 342 g/mol. The highest BCUT2D eigenvalue weighted by atomic mass is 32.2. The summed E-state index contributed by atoms with van der Waals surface area (Å²) in [6.45, 7) is 1.79. The second-order valence-corrected chi connectivity index (χ2v) is 8.24. The summed E-state index contributed by atoms with van der Waals surface area (Å²) in [5.41, 5.74) is 0.825. The van der Waals surface area contributed by atoms with Gasteiger partial charge in [-0.15, -0.1) is 0 Å². The minimum Gasteiger partial charge on any atom is -0.493 e. The molecular weight excluding hydrogens is 319 g/mol. The van der Waals surface area contributed by atoms with Gasteiger partial charge in [0.05, 0.1) is 12.9 Å². The predicted molar refractivity (Wildman–Crippen MR) is 86.4 cm³/mol. The van der Waals surface area contributed by atoms with Crippen LogP contribution in [0.5, 0.6) is 5.75 Å². The number of ether oxygens (including phenoxy) is 1. The Bertz CT molecular complexity index is 665. The molecule has 7 heteroatoms. The van der Waals surface area contributed by atoms with Crippen molar-refractivity contribution in [2.45, 2.75) is 37.8 Å².